The number of carboxylic acid groups (broad SMARTS) is 1. The average Bonchev–Trinajstić information content (AvgIpc) is 2.79. The van der Waals surface area contributed by atoms with Crippen molar-refractivity contribution >= 4 is 11.9 Å². The fourth-order valence-corrected chi connectivity index (χ4v) is 2.54. The van der Waals surface area contributed by atoms with Gasteiger partial charge in [-0.2, -0.15) is 18.3 Å². The van der Waals surface area contributed by atoms with Crippen LogP contribution in [0, 0.1) is 0 Å². The number of hydrogen-bond acceptors (Lipinski definition) is 3. The summed E-state index contributed by atoms with van der Waals surface area (Å²) < 4.78 is 38.7. The number of alkyl halides is 3. The second-order valence-corrected chi connectivity index (χ2v) is 4.99. The maximum absolute atomic E-state index is 12.5. The van der Waals surface area contributed by atoms with E-state index in [1.807, 2.05) is 0 Å². The van der Waals surface area contributed by atoms with Gasteiger partial charge in [-0.15, -0.1) is 0 Å². The molecule has 1 aromatic rings. The number of aromatic nitrogens is 2. The van der Waals surface area contributed by atoms with E-state index in [4.69, 9.17) is 5.11 Å². The molecule has 6 nitrogen and oxygen atoms in total. The van der Waals surface area contributed by atoms with Crippen LogP contribution >= 0.6 is 0 Å². The third-order valence-electron chi connectivity index (χ3n) is 3.43. The van der Waals surface area contributed by atoms with E-state index in [1.165, 1.54) is 17.9 Å². The molecule has 1 aliphatic rings. The summed E-state index contributed by atoms with van der Waals surface area (Å²) >= 11 is 0. The van der Waals surface area contributed by atoms with Crippen LogP contribution in [0.1, 0.15) is 34.8 Å². The maximum atomic E-state index is 12.5. The summed E-state index contributed by atoms with van der Waals surface area (Å²) in [7, 11) is 1.54. The summed E-state index contributed by atoms with van der Waals surface area (Å²) in [4.78, 5) is 23.1. The van der Waals surface area contributed by atoms with Gasteiger partial charge in [0.05, 0.1) is 5.69 Å². The van der Waals surface area contributed by atoms with Crippen LogP contribution in [0.3, 0.4) is 0 Å². The number of carbonyl (C=O) groups excluding carboxylic acids is 1. The molecule has 116 valence electrons. The van der Waals surface area contributed by atoms with E-state index in [0.717, 1.165) is 0 Å². The van der Waals surface area contributed by atoms with Gasteiger partial charge in [0.25, 0.3) is 0 Å². The quantitative estimate of drug-likeness (QED) is 0.896. The van der Waals surface area contributed by atoms with E-state index < -0.39 is 24.0 Å². The summed E-state index contributed by atoms with van der Waals surface area (Å²) in [6, 6.07) is 0. The molecule has 2 rings (SSSR count). The molecule has 1 aromatic heterocycles. The highest BCUT2D eigenvalue weighted by molar-refractivity contribution is 5.89. The second-order valence-electron chi connectivity index (χ2n) is 4.99. The number of aryl methyl sites for hydroxylation is 1. The molecule has 1 fully saturated rings. The average molecular weight is 305 g/mol. The van der Waals surface area contributed by atoms with Crippen LogP contribution < -0.4 is 0 Å². The Morgan fingerprint density at radius 3 is 2.67 bits per heavy atom. The number of aromatic carboxylic acids is 1. The molecular weight excluding hydrogens is 291 g/mol. The lowest BCUT2D eigenvalue weighted by Gasteiger charge is -2.32. The summed E-state index contributed by atoms with van der Waals surface area (Å²) in [5, 5.41) is 13.1. The zero-order valence-corrected chi connectivity index (χ0v) is 11.2. The Balaban J connectivity index is 2.22. The predicted octanol–water partition coefficient (Wildman–Crippen LogP) is 1.39. The number of piperidine rings is 1. The smallest absolute Gasteiger partial charge is 0.471 e. The molecule has 2 heterocycles. The largest absolute Gasteiger partial charge is 0.478 e. The van der Waals surface area contributed by atoms with Crippen molar-refractivity contribution in [3.8, 4) is 0 Å². The van der Waals surface area contributed by atoms with E-state index in [9.17, 15) is 22.8 Å². The van der Waals surface area contributed by atoms with Gasteiger partial charge in [0.1, 0.15) is 5.56 Å². The number of carbonyl (C=O) groups is 2. The Kier molecular flexibility index (Phi) is 3.93. The van der Waals surface area contributed by atoms with Crippen molar-refractivity contribution in [2.45, 2.75) is 24.9 Å². The number of halogens is 3. The molecule has 0 radical (unpaired) electrons. The Morgan fingerprint density at radius 1 is 1.43 bits per heavy atom. The molecule has 1 atom stereocenters. The van der Waals surface area contributed by atoms with Crippen molar-refractivity contribution in [3.63, 3.8) is 0 Å². The zero-order chi connectivity index (χ0) is 15.8. The van der Waals surface area contributed by atoms with Crippen molar-refractivity contribution in [1.82, 2.24) is 14.7 Å². The van der Waals surface area contributed by atoms with E-state index >= 15 is 0 Å². The molecule has 0 aromatic carbocycles. The number of rotatable bonds is 2. The third kappa shape index (κ3) is 3.17. The molecule has 0 saturated carbocycles. The molecule has 0 aliphatic carbocycles. The minimum absolute atomic E-state index is 0.0179. The fraction of sp³-hybridized carbons (Fsp3) is 0.583. The third-order valence-corrected chi connectivity index (χ3v) is 3.43. The molecule has 0 bridgehead atoms. The van der Waals surface area contributed by atoms with E-state index in [2.05, 4.69) is 5.10 Å². The second kappa shape index (κ2) is 5.38. The van der Waals surface area contributed by atoms with Gasteiger partial charge in [0.2, 0.25) is 0 Å². The standard InChI is InChI=1S/C12H14F3N3O3/c1-17-6-8(10(19)20)9(16-17)7-3-2-4-18(5-7)11(21)12(13,14)15/h6-7H,2-5H2,1H3,(H,19,20). The normalized spacial score (nSPS) is 19.6. The van der Waals surface area contributed by atoms with Gasteiger partial charge in [-0.1, -0.05) is 0 Å². The van der Waals surface area contributed by atoms with Crippen LogP contribution in [-0.2, 0) is 11.8 Å². The first-order valence-electron chi connectivity index (χ1n) is 6.33. The Morgan fingerprint density at radius 2 is 2.10 bits per heavy atom. The summed E-state index contributed by atoms with van der Waals surface area (Å²) in [6.45, 7) is -0.153. The number of nitrogens with zero attached hydrogens (tertiary/aromatic N) is 3. The van der Waals surface area contributed by atoms with Gasteiger partial charge in [-0.25, -0.2) is 4.79 Å². The van der Waals surface area contributed by atoms with Crippen molar-refractivity contribution in [2.75, 3.05) is 13.1 Å². The molecule has 1 unspecified atom stereocenters. The highest BCUT2D eigenvalue weighted by atomic mass is 19.4. The summed E-state index contributed by atoms with van der Waals surface area (Å²) in [5.41, 5.74) is 0.188. The maximum Gasteiger partial charge on any atom is 0.471 e. The van der Waals surface area contributed by atoms with Gasteiger partial charge >= 0.3 is 18.1 Å². The molecule has 21 heavy (non-hydrogen) atoms. The summed E-state index contributed by atoms with van der Waals surface area (Å²) in [5.74, 6) is -3.57. The molecule has 1 N–H and O–H groups in total. The van der Waals surface area contributed by atoms with E-state index in [-0.39, 0.29) is 24.3 Å². The molecular formula is C12H14F3N3O3. The van der Waals surface area contributed by atoms with Crippen molar-refractivity contribution in [2.24, 2.45) is 7.05 Å². The van der Waals surface area contributed by atoms with Crippen LogP contribution in [0.15, 0.2) is 6.20 Å². The molecule has 9 heteroatoms. The minimum atomic E-state index is -4.92. The van der Waals surface area contributed by atoms with Crippen LogP contribution in [0.2, 0.25) is 0 Å². The van der Waals surface area contributed by atoms with E-state index in [1.54, 1.807) is 0 Å². The fourth-order valence-electron chi connectivity index (χ4n) is 2.54. The molecule has 0 spiro atoms. The lowest BCUT2D eigenvalue weighted by atomic mass is 9.92. The van der Waals surface area contributed by atoms with Gasteiger partial charge in [0.15, 0.2) is 0 Å². The Bertz CT molecular complexity index is 568. The minimum Gasteiger partial charge on any atom is -0.478 e. The van der Waals surface area contributed by atoms with Gasteiger partial charge in [-0.3, -0.25) is 9.48 Å². The van der Waals surface area contributed by atoms with Crippen LogP contribution in [0.25, 0.3) is 0 Å². The lowest BCUT2D eigenvalue weighted by molar-refractivity contribution is -0.186. The first-order valence-corrected chi connectivity index (χ1v) is 6.33. The zero-order valence-electron chi connectivity index (χ0n) is 11.2. The monoisotopic (exact) mass is 305 g/mol. The van der Waals surface area contributed by atoms with Crippen molar-refractivity contribution < 1.29 is 27.9 Å². The highest BCUT2D eigenvalue weighted by Crippen LogP contribution is 2.30. The van der Waals surface area contributed by atoms with Gasteiger partial charge < -0.3 is 10.0 Å². The molecule has 1 amide bonds. The highest BCUT2D eigenvalue weighted by Gasteiger charge is 2.44. The molecule has 1 aliphatic heterocycles. The molecule has 1 saturated heterocycles. The van der Waals surface area contributed by atoms with E-state index in [0.29, 0.717) is 17.7 Å². The number of likely N-dealkylation sites (tertiary alicyclic amines) is 1. The van der Waals surface area contributed by atoms with Gasteiger partial charge in [0, 0.05) is 32.3 Å². The van der Waals surface area contributed by atoms with Crippen LogP contribution in [0.5, 0.6) is 0 Å². The number of carboxylic acids is 1. The first kappa shape index (κ1) is 15.3. The van der Waals surface area contributed by atoms with Crippen LogP contribution in [0.4, 0.5) is 13.2 Å². The first-order chi connectivity index (χ1) is 9.70. The van der Waals surface area contributed by atoms with Gasteiger partial charge in [-0.05, 0) is 12.8 Å². The number of hydrogen-bond donors (Lipinski definition) is 1. The Labute approximate surface area is 118 Å². The topological polar surface area (TPSA) is 75.4 Å². The lowest BCUT2D eigenvalue weighted by Crippen LogP contribution is -2.46. The predicted molar refractivity (Wildman–Crippen MR) is 64.8 cm³/mol. The SMILES string of the molecule is Cn1cc(C(=O)O)c(C2CCCN(C(=O)C(F)(F)F)C2)n1. The Hall–Kier alpha value is -2.06. The van der Waals surface area contributed by atoms with Crippen LogP contribution in [-0.4, -0.2) is 50.9 Å². The summed E-state index contributed by atoms with van der Waals surface area (Å²) in [6.07, 6.45) is -2.73. The number of amides is 1. The van der Waals surface area contributed by atoms with Crippen molar-refractivity contribution in [3.05, 3.63) is 17.5 Å². The van der Waals surface area contributed by atoms with Crippen molar-refractivity contribution in [1.29, 1.82) is 0 Å².